The molecular weight excluding hydrogens is 293 g/mol. The van der Waals surface area contributed by atoms with E-state index in [1.807, 2.05) is 4.57 Å². The molecule has 0 saturated heterocycles. The lowest BCUT2D eigenvalue weighted by atomic mass is 10.2. The molecule has 1 saturated carbocycles. The molecule has 1 aliphatic rings. The van der Waals surface area contributed by atoms with Gasteiger partial charge in [0.05, 0.1) is 6.54 Å². The van der Waals surface area contributed by atoms with Crippen molar-refractivity contribution in [3.05, 3.63) is 36.4 Å². The Bertz CT molecular complexity index is 920. The van der Waals surface area contributed by atoms with Crippen LogP contribution in [0.4, 0.5) is 10.2 Å². The van der Waals surface area contributed by atoms with Crippen LogP contribution in [0.3, 0.4) is 0 Å². The van der Waals surface area contributed by atoms with Crippen LogP contribution in [-0.2, 0) is 6.54 Å². The Morgan fingerprint density at radius 2 is 2.22 bits per heavy atom. The highest BCUT2D eigenvalue weighted by Gasteiger charge is 2.24. The zero-order valence-electron chi connectivity index (χ0n) is 12.3. The van der Waals surface area contributed by atoms with Gasteiger partial charge in [-0.2, -0.15) is 0 Å². The van der Waals surface area contributed by atoms with Gasteiger partial charge >= 0.3 is 0 Å². The van der Waals surface area contributed by atoms with Gasteiger partial charge in [-0.05, 0) is 25.0 Å². The van der Waals surface area contributed by atoms with Gasteiger partial charge in [0.15, 0.2) is 17.0 Å². The zero-order valence-corrected chi connectivity index (χ0v) is 12.3. The third-order valence-electron chi connectivity index (χ3n) is 3.78. The number of aromatic nitrogens is 4. The van der Waals surface area contributed by atoms with Crippen LogP contribution in [0.25, 0.3) is 22.6 Å². The van der Waals surface area contributed by atoms with E-state index >= 15 is 0 Å². The van der Waals surface area contributed by atoms with Crippen molar-refractivity contribution in [1.82, 2.24) is 19.5 Å². The molecule has 0 spiro atoms. The fourth-order valence-electron chi connectivity index (χ4n) is 2.55. The summed E-state index contributed by atoms with van der Waals surface area (Å²) in [4.78, 5) is 13.2. The second-order valence-electron chi connectivity index (χ2n) is 5.55. The lowest BCUT2D eigenvalue weighted by Gasteiger charge is -2.05. The van der Waals surface area contributed by atoms with Crippen molar-refractivity contribution in [2.24, 2.45) is 0 Å². The average Bonchev–Trinajstić information content (AvgIpc) is 3.28. The summed E-state index contributed by atoms with van der Waals surface area (Å²) in [6, 6.07) is 6.74. The molecule has 1 aromatic carbocycles. The van der Waals surface area contributed by atoms with E-state index in [4.69, 9.17) is 6.42 Å². The van der Waals surface area contributed by atoms with Gasteiger partial charge in [-0.3, -0.25) is 4.57 Å². The molecule has 2 aromatic heterocycles. The first-order chi connectivity index (χ1) is 11.3. The monoisotopic (exact) mass is 307 g/mol. The predicted octanol–water partition coefficient (Wildman–Crippen LogP) is 2.84. The van der Waals surface area contributed by atoms with E-state index in [0.29, 0.717) is 41.0 Å². The van der Waals surface area contributed by atoms with Crippen molar-refractivity contribution in [3.63, 3.8) is 0 Å². The Morgan fingerprint density at radius 3 is 2.96 bits per heavy atom. The number of fused-ring (bicyclic) bond motifs is 1. The van der Waals surface area contributed by atoms with Crippen LogP contribution in [0.5, 0.6) is 0 Å². The van der Waals surface area contributed by atoms with Crippen LogP contribution in [0, 0.1) is 18.2 Å². The van der Waals surface area contributed by atoms with Crippen LogP contribution in [0.2, 0.25) is 0 Å². The maximum Gasteiger partial charge on any atom is 0.166 e. The number of nitrogens with one attached hydrogen (secondary N) is 1. The quantitative estimate of drug-likeness (QED) is 0.753. The Kier molecular flexibility index (Phi) is 3.19. The second-order valence-corrected chi connectivity index (χ2v) is 5.55. The summed E-state index contributed by atoms with van der Waals surface area (Å²) in [6.07, 6.45) is 9.25. The van der Waals surface area contributed by atoms with Crippen LogP contribution in [-0.4, -0.2) is 25.6 Å². The van der Waals surface area contributed by atoms with Crippen molar-refractivity contribution >= 4 is 17.0 Å². The molecule has 114 valence electrons. The molecular formula is C17H14FN5. The van der Waals surface area contributed by atoms with Crippen LogP contribution in [0.15, 0.2) is 30.6 Å². The molecule has 1 fully saturated rings. The molecule has 0 aliphatic heterocycles. The minimum Gasteiger partial charge on any atom is -0.365 e. The standard InChI is InChI=1S/C17H14FN5/c1-2-8-23-16(11-4-3-5-12(18)9-11)22-14-15(21-13-6-7-13)19-10-20-17(14)23/h1,3-5,9-10,13H,6-8H2,(H,19,20,21). The molecule has 1 aliphatic carbocycles. The van der Waals surface area contributed by atoms with Gasteiger partial charge in [0.1, 0.15) is 18.0 Å². The van der Waals surface area contributed by atoms with Crippen molar-refractivity contribution < 1.29 is 4.39 Å². The Labute approximate surface area is 132 Å². The maximum absolute atomic E-state index is 13.6. The van der Waals surface area contributed by atoms with E-state index in [1.54, 1.807) is 12.1 Å². The maximum atomic E-state index is 13.6. The van der Waals surface area contributed by atoms with E-state index in [-0.39, 0.29) is 5.82 Å². The fraction of sp³-hybridized carbons (Fsp3) is 0.235. The van der Waals surface area contributed by atoms with E-state index < -0.39 is 0 Å². The number of hydrogen-bond donors (Lipinski definition) is 1. The van der Waals surface area contributed by atoms with Crippen molar-refractivity contribution in [1.29, 1.82) is 0 Å². The molecule has 0 radical (unpaired) electrons. The third-order valence-corrected chi connectivity index (χ3v) is 3.78. The van der Waals surface area contributed by atoms with Crippen LogP contribution < -0.4 is 5.32 Å². The smallest absolute Gasteiger partial charge is 0.166 e. The molecule has 0 bridgehead atoms. The summed E-state index contributed by atoms with van der Waals surface area (Å²) in [5, 5.41) is 3.35. The minimum absolute atomic E-state index is 0.308. The number of benzene rings is 1. The molecule has 4 rings (SSSR count). The number of imidazole rings is 1. The normalized spacial score (nSPS) is 13.9. The van der Waals surface area contributed by atoms with E-state index in [1.165, 1.54) is 18.5 Å². The topological polar surface area (TPSA) is 55.6 Å². The highest BCUT2D eigenvalue weighted by Crippen LogP contribution is 2.30. The minimum atomic E-state index is -0.316. The van der Waals surface area contributed by atoms with E-state index in [2.05, 4.69) is 26.2 Å². The summed E-state index contributed by atoms with van der Waals surface area (Å²) >= 11 is 0. The number of anilines is 1. The van der Waals surface area contributed by atoms with E-state index in [9.17, 15) is 4.39 Å². The van der Waals surface area contributed by atoms with Crippen molar-refractivity contribution in [2.75, 3.05) is 5.32 Å². The Hall–Kier alpha value is -2.94. The Morgan fingerprint density at radius 1 is 1.35 bits per heavy atom. The zero-order chi connectivity index (χ0) is 15.8. The molecule has 5 nitrogen and oxygen atoms in total. The summed E-state index contributed by atoms with van der Waals surface area (Å²) in [6.45, 7) is 0.308. The van der Waals surface area contributed by atoms with Gasteiger partial charge in [0.25, 0.3) is 0 Å². The van der Waals surface area contributed by atoms with Crippen LogP contribution >= 0.6 is 0 Å². The van der Waals surface area contributed by atoms with E-state index in [0.717, 1.165) is 12.8 Å². The number of rotatable bonds is 4. The van der Waals surface area contributed by atoms with Gasteiger partial charge < -0.3 is 5.32 Å². The SMILES string of the molecule is C#CCn1c(-c2cccc(F)c2)nc2c(NC3CC3)ncnc21. The molecule has 2 heterocycles. The molecule has 1 N–H and O–H groups in total. The van der Waals surface area contributed by atoms with Crippen molar-refractivity contribution in [3.8, 4) is 23.7 Å². The second kappa shape index (κ2) is 5.36. The molecule has 6 heteroatoms. The number of terminal acetylenes is 1. The summed E-state index contributed by atoms with van der Waals surface area (Å²) in [7, 11) is 0. The number of hydrogen-bond acceptors (Lipinski definition) is 4. The lowest BCUT2D eigenvalue weighted by Crippen LogP contribution is -2.04. The van der Waals surface area contributed by atoms with Crippen molar-refractivity contribution in [2.45, 2.75) is 25.4 Å². The molecule has 0 atom stereocenters. The van der Waals surface area contributed by atoms with Crippen LogP contribution in [0.1, 0.15) is 12.8 Å². The lowest BCUT2D eigenvalue weighted by molar-refractivity contribution is 0.628. The number of halogens is 1. The summed E-state index contributed by atoms with van der Waals surface area (Å²) in [5.41, 5.74) is 1.98. The van der Waals surface area contributed by atoms with Gasteiger partial charge in [0.2, 0.25) is 0 Å². The highest BCUT2D eigenvalue weighted by atomic mass is 19.1. The first-order valence-electron chi connectivity index (χ1n) is 7.43. The molecule has 0 unspecified atom stereocenters. The first-order valence-corrected chi connectivity index (χ1v) is 7.43. The number of nitrogens with zero attached hydrogens (tertiary/aromatic N) is 4. The average molecular weight is 307 g/mol. The molecule has 0 amide bonds. The predicted molar refractivity (Wildman–Crippen MR) is 86.2 cm³/mol. The largest absolute Gasteiger partial charge is 0.365 e. The third kappa shape index (κ3) is 2.50. The Balaban J connectivity index is 1.92. The molecule has 23 heavy (non-hydrogen) atoms. The van der Waals surface area contributed by atoms with Gasteiger partial charge in [-0.15, -0.1) is 6.42 Å². The van der Waals surface area contributed by atoms with Gasteiger partial charge in [-0.25, -0.2) is 19.3 Å². The van der Waals surface area contributed by atoms with Gasteiger partial charge in [-0.1, -0.05) is 18.1 Å². The van der Waals surface area contributed by atoms with Gasteiger partial charge in [0, 0.05) is 11.6 Å². The fourth-order valence-corrected chi connectivity index (χ4v) is 2.55. The summed E-state index contributed by atoms with van der Waals surface area (Å²) < 4.78 is 15.4. The molecule has 3 aromatic rings. The summed E-state index contributed by atoms with van der Waals surface area (Å²) in [5.74, 6) is 3.59. The first kappa shape index (κ1) is 13.7. The highest BCUT2D eigenvalue weighted by molar-refractivity contribution is 5.86.